The molecule has 3 rings (SSSR count). The fourth-order valence-electron chi connectivity index (χ4n) is 2.82. The van der Waals surface area contributed by atoms with Crippen molar-refractivity contribution in [2.75, 3.05) is 5.32 Å². The molecule has 0 spiro atoms. The molecule has 0 unspecified atom stereocenters. The van der Waals surface area contributed by atoms with E-state index in [1.807, 2.05) is 0 Å². The number of benzene rings is 1. The Labute approximate surface area is 167 Å². The Bertz CT molecular complexity index is 1050. The van der Waals surface area contributed by atoms with Gasteiger partial charge in [-0.15, -0.1) is 0 Å². The van der Waals surface area contributed by atoms with E-state index >= 15 is 0 Å². The van der Waals surface area contributed by atoms with Crippen molar-refractivity contribution in [1.29, 1.82) is 5.41 Å². The second-order valence-electron chi connectivity index (χ2n) is 5.57. The average molecular weight is 428 g/mol. The van der Waals surface area contributed by atoms with Gasteiger partial charge < -0.3 is 19.9 Å². The van der Waals surface area contributed by atoms with Gasteiger partial charge >= 0.3 is 6.61 Å². The normalized spacial score (nSPS) is 11.1. The standard InChI is InChI=1S/C18H13Cl2F2N3O3/c1-2-8-13(5-23)27-16-12(28-18(21)22)4-3-9(14(8)16)17(26)25-15-10(19)6-24-7-11(15)20/h3-7,18,23H,2H2,1H3,(H,24,25,26). The van der Waals surface area contributed by atoms with Gasteiger partial charge in [0.05, 0.1) is 27.5 Å². The number of fused-ring (bicyclic) bond motifs is 1. The maximum atomic E-state index is 12.9. The van der Waals surface area contributed by atoms with Gasteiger partial charge in [0, 0.05) is 23.3 Å². The summed E-state index contributed by atoms with van der Waals surface area (Å²) in [5.74, 6) is -0.670. The van der Waals surface area contributed by atoms with Crippen molar-refractivity contribution < 1.29 is 22.7 Å². The molecule has 1 aromatic carbocycles. The predicted octanol–water partition coefficient (Wildman–Crippen LogP) is 5.55. The smallest absolute Gasteiger partial charge is 0.387 e. The first-order chi connectivity index (χ1) is 13.4. The summed E-state index contributed by atoms with van der Waals surface area (Å²) in [5.41, 5.74) is 0.768. The molecule has 0 aliphatic carbocycles. The van der Waals surface area contributed by atoms with Gasteiger partial charge in [-0.05, 0) is 18.6 Å². The molecule has 0 aliphatic heterocycles. The van der Waals surface area contributed by atoms with Crippen LogP contribution in [0.1, 0.15) is 28.6 Å². The zero-order chi connectivity index (χ0) is 20.4. The van der Waals surface area contributed by atoms with Crippen molar-refractivity contribution in [1.82, 2.24) is 4.98 Å². The number of furan rings is 1. The van der Waals surface area contributed by atoms with Crippen LogP contribution in [0.4, 0.5) is 14.5 Å². The Morgan fingerprint density at radius 3 is 2.61 bits per heavy atom. The van der Waals surface area contributed by atoms with Crippen LogP contribution in [0.2, 0.25) is 10.0 Å². The first-order valence-corrected chi connectivity index (χ1v) is 8.76. The molecule has 0 saturated carbocycles. The van der Waals surface area contributed by atoms with Crippen molar-refractivity contribution in [3.63, 3.8) is 0 Å². The number of halogens is 4. The molecule has 0 radical (unpaired) electrons. The summed E-state index contributed by atoms with van der Waals surface area (Å²) >= 11 is 12.1. The van der Waals surface area contributed by atoms with Gasteiger partial charge in [0.2, 0.25) is 0 Å². The van der Waals surface area contributed by atoms with Gasteiger partial charge in [-0.25, -0.2) is 0 Å². The lowest BCUT2D eigenvalue weighted by Crippen LogP contribution is -2.14. The van der Waals surface area contributed by atoms with Gasteiger partial charge in [0.1, 0.15) is 5.76 Å². The molecular formula is C18H13Cl2F2N3O3. The van der Waals surface area contributed by atoms with Crippen LogP contribution in [0.15, 0.2) is 28.9 Å². The fraction of sp³-hybridized carbons (Fsp3) is 0.167. The number of rotatable bonds is 6. The monoisotopic (exact) mass is 427 g/mol. The zero-order valence-corrected chi connectivity index (χ0v) is 15.9. The number of hydrogen-bond acceptors (Lipinski definition) is 5. The molecule has 0 saturated heterocycles. The third-order valence-corrected chi connectivity index (χ3v) is 4.54. The maximum Gasteiger partial charge on any atom is 0.387 e. The second kappa shape index (κ2) is 8.12. The van der Waals surface area contributed by atoms with E-state index in [1.165, 1.54) is 24.5 Å². The zero-order valence-electron chi connectivity index (χ0n) is 14.4. The predicted molar refractivity (Wildman–Crippen MR) is 102 cm³/mol. The summed E-state index contributed by atoms with van der Waals surface area (Å²) < 4.78 is 35.5. The SMILES string of the molecule is CCc1c(C=N)oc2c(OC(F)F)ccc(C(=O)Nc3c(Cl)cncc3Cl)c12. The minimum Gasteiger partial charge on any atom is -0.451 e. The fourth-order valence-corrected chi connectivity index (χ4v) is 3.28. The number of alkyl halides is 2. The van der Waals surface area contributed by atoms with Gasteiger partial charge in [-0.3, -0.25) is 9.78 Å². The lowest BCUT2D eigenvalue weighted by Gasteiger charge is -2.11. The van der Waals surface area contributed by atoms with Gasteiger partial charge in [-0.2, -0.15) is 8.78 Å². The average Bonchev–Trinajstić information content (AvgIpc) is 3.03. The number of aryl methyl sites for hydroxylation is 1. The van der Waals surface area contributed by atoms with E-state index in [0.29, 0.717) is 12.0 Å². The van der Waals surface area contributed by atoms with Gasteiger partial charge in [0.15, 0.2) is 11.3 Å². The highest BCUT2D eigenvalue weighted by Crippen LogP contribution is 2.37. The van der Waals surface area contributed by atoms with E-state index in [4.69, 9.17) is 33.0 Å². The minimum absolute atomic E-state index is 0.0461. The number of carbonyl (C=O) groups excluding carboxylic acids is 1. The second-order valence-corrected chi connectivity index (χ2v) is 6.38. The van der Waals surface area contributed by atoms with Crippen LogP contribution in [0, 0.1) is 5.41 Å². The van der Waals surface area contributed by atoms with Gasteiger partial charge in [0.25, 0.3) is 5.91 Å². The number of pyridine rings is 1. The molecule has 0 fully saturated rings. The summed E-state index contributed by atoms with van der Waals surface area (Å²) in [4.78, 5) is 16.7. The van der Waals surface area contributed by atoms with Crippen LogP contribution >= 0.6 is 23.2 Å². The number of hydrogen-bond donors (Lipinski definition) is 2. The van der Waals surface area contributed by atoms with E-state index in [9.17, 15) is 13.6 Å². The van der Waals surface area contributed by atoms with Gasteiger partial charge in [-0.1, -0.05) is 30.1 Å². The van der Waals surface area contributed by atoms with Crippen LogP contribution in [-0.2, 0) is 6.42 Å². The summed E-state index contributed by atoms with van der Waals surface area (Å²) in [6, 6.07) is 2.54. The first-order valence-electron chi connectivity index (χ1n) is 8.01. The molecule has 146 valence electrons. The maximum absolute atomic E-state index is 12.9. The number of ether oxygens (including phenoxy) is 1. The highest BCUT2D eigenvalue weighted by atomic mass is 35.5. The molecule has 1 amide bonds. The number of aromatic nitrogens is 1. The van der Waals surface area contributed by atoms with Crippen molar-refractivity contribution in [2.45, 2.75) is 20.0 Å². The largest absolute Gasteiger partial charge is 0.451 e. The van der Waals surface area contributed by atoms with E-state index < -0.39 is 12.5 Å². The highest BCUT2D eigenvalue weighted by Gasteiger charge is 2.24. The molecule has 0 bridgehead atoms. The molecule has 6 nitrogen and oxygen atoms in total. The molecule has 2 N–H and O–H groups in total. The summed E-state index contributed by atoms with van der Waals surface area (Å²) in [6.07, 6.45) is 3.98. The summed E-state index contributed by atoms with van der Waals surface area (Å²) in [6.45, 7) is -1.29. The molecule has 0 atom stereocenters. The van der Waals surface area contributed by atoms with Crippen molar-refractivity contribution >= 4 is 52.0 Å². The number of nitrogens with one attached hydrogen (secondary N) is 2. The third-order valence-electron chi connectivity index (χ3n) is 3.97. The Morgan fingerprint density at radius 2 is 2.04 bits per heavy atom. The van der Waals surface area contributed by atoms with Crippen molar-refractivity contribution in [3.8, 4) is 5.75 Å². The third kappa shape index (κ3) is 3.65. The van der Waals surface area contributed by atoms with E-state index in [2.05, 4.69) is 15.0 Å². The Kier molecular flexibility index (Phi) is 5.81. The van der Waals surface area contributed by atoms with Crippen LogP contribution in [0.5, 0.6) is 5.75 Å². The highest BCUT2D eigenvalue weighted by molar-refractivity contribution is 6.39. The number of anilines is 1. The quantitative estimate of drug-likeness (QED) is 0.504. The molecule has 2 heterocycles. The minimum atomic E-state index is -3.07. The van der Waals surface area contributed by atoms with E-state index in [1.54, 1.807) is 6.92 Å². The van der Waals surface area contributed by atoms with Crippen molar-refractivity contribution in [3.05, 3.63) is 51.5 Å². The number of carbonyl (C=O) groups is 1. The van der Waals surface area contributed by atoms with E-state index in [-0.39, 0.29) is 43.8 Å². The van der Waals surface area contributed by atoms with Crippen LogP contribution in [-0.4, -0.2) is 23.7 Å². The Balaban J connectivity index is 2.16. The molecule has 2 aromatic heterocycles. The van der Waals surface area contributed by atoms with Crippen LogP contribution in [0.3, 0.4) is 0 Å². The van der Waals surface area contributed by atoms with Crippen LogP contribution in [0.25, 0.3) is 11.0 Å². The van der Waals surface area contributed by atoms with Crippen molar-refractivity contribution in [2.24, 2.45) is 0 Å². The Hall–Kier alpha value is -2.71. The molecule has 0 aliphatic rings. The summed E-state index contributed by atoms with van der Waals surface area (Å²) in [7, 11) is 0. The topological polar surface area (TPSA) is 88.2 Å². The molecule has 10 heteroatoms. The summed E-state index contributed by atoms with van der Waals surface area (Å²) in [5, 5.41) is 10.6. The molecule has 3 aromatic rings. The Morgan fingerprint density at radius 1 is 1.36 bits per heavy atom. The first kappa shape index (κ1) is 20.0. The number of amides is 1. The lowest BCUT2D eigenvalue weighted by molar-refractivity contribution is -0.0493. The number of nitrogens with zero attached hydrogens (tertiary/aromatic N) is 1. The molecular weight excluding hydrogens is 415 g/mol. The lowest BCUT2D eigenvalue weighted by atomic mass is 10.0. The van der Waals surface area contributed by atoms with E-state index in [0.717, 1.165) is 6.21 Å². The molecule has 28 heavy (non-hydrogen) atoms. The van der Waals surface area contributed by atoms with Crippen LogP contribution < -0.4 is 10.1 Å².